The predicted molar refractivity (Wildman–Crippen MR) is 177 cm³/mol. The van der Waals surface area contributed by atoms with E-state index in [9.17, 15) is 14.7 Å². The molecule has 0 radical (unpaired) electrons. The summed E-state index contributed by atoms with van der Waals surface area (Å²) in [5.41, 5.74) is 12.0. The number of benzene rings is 4. The molecule has 1 amide bonds. The third-order valence-electron chi connectivity index (χ3n) is 8.00. The van der Waals surface area contributed by atoms with Crippen LogP contribution in [0.1, 0.15) is 31.8 Å². The van der Waals surface area contributed by atoms with Crippen LogP contribution < -0.4 is 20.5 Å². The number of aromatic nitrogens is 1. The van der Waals surface area contributed by atoms with E-state index in [1.54, 1.807) is 37.6 Å². The second kappa shape index (κ2) is 11.1. The van der Waals surface area contributed by atoms with Crippen LogP contribution in [0.5, 0.6) is 11.5 Å². The SMILES string of the molecule is COc1cc(-c2cc3c(cc2C(=O)O)-c2cc(C)ccc2OC3)c(C(=O)Nc2ccc3c(N)nccc3c2)cc1-c1cccs1. The van der Waals surface area contributed by atoms with E-state index >= 15 is 0 Å². The smallest absolute Gasteiger partial charge is 0.336 e. The molecule has 0 unspecified atom stereocenters. The van der Waals surface area contributed by atoms with Gasteiger partial charge < -0.3 is 25.6 Å². The van der Waals surface area contributed by atoms with Crippen LogP contribution in [0.15, 0.2) is 90.4 Å². The first-order chi connectivity index (χ1) is 21.8. The van der Waals surface area contributed by atoms with Gasteiger partial charge in [-0.1, -0.05) is 17.7 Å². The lowest BCUT2D eigenvalue weighted by Crippen LogP contribution is -2.15. The van der Waals surface area contributed by atoms with Gasteiger partial charge in [0.25, 0.3) is 5.91 Å². The van der Waals surface area contributed by atoms with E-state index in [2.05, 4.69) is 10.3 Å². The molecule has 0 saturated carbocycles. The standard InChI is InChI=1S/C36H27N3O5S/c1-19-5-8-31-27(12-19)24-15-29(36(41)42)25(14-21(24)18-44-31)26-17-32(43-2)30(33-4-3-11-45-33)16-28(26)35(40)39-22-6-7-23-20(13-22)9-10-38-34(23)37/h3-17H,18H2,1-2H3,(H2,37,38)(H,39,40)(H,41,42). The fourth-order valence-corrected chi connectivity index (χ4v) is 6.56. The van der Waals surface area contributed by atoms with E-state index < -0.39 is 11.9 Å². The Bertz CT molecular complexity index is 2160. The molecule has 1 aliphatic rings. The molecular weight excluding hydrogens is 586 g/mol. The Labute approximate surface area is 262 Å². The molecule has 2 aromatic heterocycles. The second-order valence-electron chi connectivity index (χ2n) is 10.8. The summed E-state index contributed by atoms with van der Waals surface area (Å²) < 4.78 is 11.8. The number of fused-ring (bicyclic) bond motifs is 4. The number of methoxy groups -OCH3 is 1. The van der Waals surface area contributed by atoms with Gasteiger partial charge in [0.05, 0.1) is 12.7 Å². The topological polar surface area (TPSA) is 124 Å². The lowest BCUT2D eigenvalue weighted by atomic mass is 9.86. The summed E-state index contributed by atoms with van der Waals surface area (Å²) >= 11 is 1.52. The van der Waals surface area contributed by atoms with Crippen LogP contribution in [0.4, 0.5) is 11.5 Å². The fourth-order valence-electron chi connectivity index (χ4n) is 5.81. The van der Waals surface area contributed by atoms with Gasteiger partial charge in [-0.15, -0.1) is 11.3 Å². The van der Waals surface area contributed by atoms with Crippen LogP contribution in [0, 0.1) is 6.92 Å². The largest absolute Gasteiger partial charge is 0.496 e. The van der Waals surface area contributed by atoms with E-state index in [0.29, 0.717) is 39.7 Å². The van der Waals surface area contributed by atoms with E-state index in [1.807, 2.05) is 66.9 Å². The van der Waals surface area contributed by atoms with Crippen LogP contribution in [0.25, 0.3) is 43.5 Å². The van der Waals surface area contributed by atoms with Crippen molar-refractivity contribution in [2.75, 3.05) is 18.2 Å². The number of nitrogens with one attached hydrogen (secondary N) is 1. The number of hydrogen-bond acceptors (Lipinski definition) is 7. The van der Waals surface area contributed by atoms with Crippen molar-refractivity contribution in [2.24, 2.45) is 0 Å². The molecule has 7 rings (SSSR count). The monoisotopic (exact) mass is 613 g/mol. The number of pyridine rings is 1. The number of aryl methyl sites for hydroxylation is 1. The number of rotatable bonds is 6. The summed E-state index contributed by atoms with van der Waals surface area (Å²) in [5.74, 6) is 0.106. The number of hydrogen-bond donors (Lipinski definition) is 3. The van der Waals surface area contributed by atoms with Gasteiger partial charge in [-0.2, -0.15) is 0 Å². The van der Waals surface area contributed by atoms with Gasteiger partial charge in [-0.05, 0) is 107 Å². The number of ether oxygens (including phenoxy) is 2. The number of anilines is 2. The highest BCUT2D eigenvalue weighted by Gasteiger charge is 2.27. The number of carbonyl (C=O) groups is 2. The maximum absolute atomic E-state index is 14.1. The lowest BCUT2D eigenvalue weighted by molar-refractivity contribution is 0.0697. The number of carboxylic acid groups (broad SMARTS) is 1. The molecule has 3 heterocycles. The zero-order chi connectivity index (χ0) is 31.2. The third-order valence-corrected chi connectivity index (χ3v) is 8.90. The molecule has 4 N–H and O–H groups in total. The molecule has 8 nitrogen and oxygen atoms in total. The number of nitrogens with two attached hydrogens (primary N) is 1. The lowest BCUT2D eigenvalue weighted by Gasteiger charge is -2.24. The third kappa shape index (κ3) is 5.03. The summed E-state index contributed by atoms with van der Waals surface area (Å²) in [6.07, 6.45) is 1.62. The van der Waals surface area contributed by atoms with E-state index in [0.717, 1.165) is 43.5 Å². The maximum Gasteiger partial charge on any atom is 0.336 e. The Morgan fingerprint density at radius 2 is 1.76 bits per heavy atom. The Morgan fingerprint density at radius 3 is 2.53 bits per heavy atom. The molecule has 9 heteroatoms. The first kappa shape index (κ1) is 28.1. The van der Waals surface area contributed by atoms with Gasteiger partial charge in [-0.3, -0.25) is 4.79 Å². The van der Waals surface area contributed by atoms with Gasteiger partial charge >= 0.3 is 5.97 Å². The number of carbonyl (C=O) groups excluding carboxylic acids is 1. The Morgan fingerprint density at radius 1 is 0.933 bits per heavy atom. The van der Waals surface area contributed by atoms with Crippen LogP contribution in [0.3, 0.4) is 0 Å². The van der Waals surface area contributed by atoms with Gasteiger partial charge in [0.1, 0.15) is 23.9 Å². The number of nitrogens with zero attached hydrogens (tertiary/aromatic N) is 1. The first-order valence-electron chi connectivity index (χ1n) is 14.2. The zero-order valence-electron chi connectivity index (χ0n) is 24.4. The van der Waals surface area contributed by atoms with Crippen LogP contribution in [0.2, 0.25) is 0 Å². The molecule has 0 aliphatic carbocycles. The quantitative estimate of drug-likeness (QED) is 0.174. The van der Waals surface area contributed by atoms with Crippen molar-refractivity contribution in [3.05, 3.63) is 113 Å². The van der Waals surface area contributed by atoms with Gasteiger partial charge in [0.15, 0.2) is 0 Å². The molecule has 0 fully saturated rings. The minimum atomic E-state index is -1.11. The van der Waals surface area contributed by atoms with Crippen molar-refractivity contribution in [3.63, 3.8) is 0 Å². The Kier molecular flexibility index (Phi) is 6.94. The summed E-state index contributed by atoms with van der Waals surface area (Å²) in [4.78, 5) is 32.0. The van der Waals surface area contributed by atoms with Crippen LogP contribution >= 0.6 is 11.3 Å². The molecule has 4 aromatic carbocycles. The van der Waals surface area contributed by atoms with Crippen molar-refractivity contribution in [3.8, 4) is 44.2 Å². The molecular formula is C36H27N3O5S. The van der Waals surface area contributed by atoms with Crippen LogP contribution in [-0.2, 0) is 6.61 Å². The minimum absolute atomic E-state index is 0.0664. The number of nitrogen functional groups attached to an aromatic ring is 1. The summed E-state index contributed by atoms with van der Waals surface area (Å²) in [6, 6.07) is 23.9. The Hall–Kier alpha value is -5.67. The normalized spacial score (nSPS) is 11.8. The molecule has 0 bridgehead atoms. The van der Waals surface area contributed by atoms with Crippen molar-refractivity contribution in [1.82, 2.24) is 4.98 Å². The van der Waals surface area contributed by atoms with Crippen molar-refractivity contribution in [1.29, 1.82) is 0 Å². The minimum Gasteiger partial charge on any atom is -0.496 e. The summed E-state index contributed by atoms with van der Waals surface area (Å²) in [5, 5.41) is 17.0. The average molecular weight is 614 g/mol. The van der Waals surface area contributed by atoms with E-state index in [4.69, 9.17) is 15.2 Å². The predicted octanol–water partition coefficient (Wildman–Crippen LogP) is 8.04. The van der Waals surface area contributed by atoms with Crippen molar-refractivity contribution in [2.45, 2.75) is 13.5 Å². The molecule has 0 atom stereocenters. The molecule has 222 valence electrons. The van der Waals surface area contributed by atoms with Crippen molar-refractivity contribution < 1.29 is 24.2 Å². The number of thiophene rings is 1. The fraction of sp³-hybridized carbons (Fsp3) is 0.0833. The van der Waals surface area contributed by atoms with E-state index in [1.165, 1.54) is 11.3 Å². The maximum atomic E-state index is 14.1. The average Bonchev–Trinajstić information content (AvgIpc) is 3.58. The molecule has 45 heavy (non-hydrogen) atoms. The highest BCUT2D eigenvalue weighted by Crippen LogP contribution is 2.44. The molecule has 0 saturated heterocycles. The van der Waals surface area contributed by atoms with Gasteiger partial charge in [0.2, 0.25) is 0 Å². The molecule has 1 aliphatic heterocycles. The summed E-state index contributed by atoms with van der Waals surface area (Å²) in [6.45, 7) is 2.24. The second-order valence-corrected chi connectivity index (χ2v) is 11.8. The Balaban J connectivity index is 1.41. The highest BCUT2D eigenvalue weighted by atomic mass is 32.1. The summed E-state index contributed by atoms with van der Waals surface area (Å²) in [7, 11) is 1.56. The van der Waals surface area contributed by atoms with Gasteiger partial charge in [-0.25, -0.2) is 9.78 Å². The highest BCUT2D eigenvalue weighted by molar-refractivity contribution is 7.13. The molecule has 6 aromatic rings. The number of aromatic carboxylic acids is 1. The van der Waals surface area contributed by atoms with Crippen LogP contribution in [-0.4, -0.2) is 29.1 Å². The number of amides is 1. The molecule has 0 spiro atoms. The van der Waals surface area contributed by atoms with E-state index in [-0.39, 0.29) is 12.2 Å². The first-order valence-corrected chi connectivity index (χ1v) is 15.0. The van der Waals surface area contributed by atoms with Crippen molar-refractivity contribution >= 4 is 45.5 Å². The van der Waals surface area contributed by atoms with Gasteiger partial charge in [0, 0.05) is 38.8 Å². The number of carboxylic acids is 1. The zero-order valence-corrected chi connectivity index (χ0v) is 25.2.